The first-order valence-electron chi connectivity index (χ1n) is 13.7. The Morgan fingerprint density at radius 1 is 1.16 bits per heavy atom. The highest BCUT2D eigenvalue weighted by molar-refractivity contribution is 5.74. The minimum Gasteiger partial charge on any atom is -0.469 e. The van der Waals surface area contributed by atoms with Gasteiger partial charge in [0, 0.05) is 14.0 Å². The minimum absolute atomic E-state index is 0.0419. The Bertz CT molecular complexity index is 979. The molecule has 9 heteroatoms. The summed E-state index contributed by atoms with van der Waals surface area (Å²) >= 11 is 0. The molecule has 9 nitrogen and oxygen atoms in total. The van der Waals surface area contributed by atoms with Crippen molar-refractivity contribution in [1.82, 2.24) is 0 Å². The Morgan fingerprint density at radius 3 is 2.76 bits per heavy atom. The molecule has 6 aliphatic rings. The van der Waals surface area contributed by atoms with Crippen molar-refractivity contribution >= 4 is 5.97 Å². The number of carbonyl (C=O) groups is 1. The van der Waals surface area contributed by atoms with Crippen LogP contribution in [0.2, 0.25) is 0 Å². The molecule has 1 saturated carbocycles. The second-order valence-electron chi connectivity index (χ2n) is 12.1. The number of methoxy groups -OCH3 is 1. The molecule has 0 aromatic rings. The smallest absolute Gasteiger partial charge is 0.309 e. The minimum atomic E-state index is -1.07. The summed E-state index contributed by atoms with van der Waals surface area (Å²) in [5.74, 6) is -0.910. The summed E-state index contributed by atoms with van der Waals surface area (Å²) in [7, 11) is 1.47. The van der Waals surface area contributed by atoms with Crippen LogP contribution >= 0.6 is 0 Å². The van der Waals surface area contributed by atoms with Crippen LogP contribution in [0.4, 0.5) is 0 Å². The van der Waals surface area contributed by atoms with E-state index in [4.69, 9.17) is 28.4 Å². The number of hydrogen-bond acceptors (Lipinski definition) is 9. The van der Waals surface area contributed by atoms with Crippen LogP contribution in [-0.4, -0.2) is 78.6 Å². The second kappa shape index (κ2) is 9.31. The average Bonchev–Trinajstić information content (AvgIpc) is 3.38. The largest absolute Gasteiger partial charge is 0.469 e. The lowest BCUT2D eigenvalue weighted by molar-refractivity contribution is -0.309. The van der Waals surface area contributed by atoms with Gasteiger partial charge in [0.05, 0.1) is 36.9 Å². The number of allylic oxidation sites excluding steroid dienone is 1. The molecular formula is C28H40O9. The molecule has 4 fully saturated rings. The van der Waals surface area contributed by atoms with Gasteiger partial charge in [-0.05, 0) is 62.4 Å². The number of hydrogen-bond donors (Lipinski definition) is 2. The molecule has 2 N–H and O–H groups in total. The van der Waals surface area contributed by atoms with Gasteiger partial charge < -0.3 is 38.6 Å². The van der Waals surface area contributed by atoms with Gasteiger partial charge in [-0.1, -0.05) is 18.6 Å². The quantitative estimate of drug-likeness (QED) is 0.428. The van der Waals surface area contributed by atoms with E-state index in [0.717, 1.165) is 32.1 Å². The number of aliphatic hydroxyl groups is 2. The van der Waals surface area contributed by atoms with E-state index >= 15 is 0 Å². The third kappa shape index (κ3) is 4.08. The lowest BCUT2D eigenvalue weighted by Crippen LogP contribution is -2.59. The zero-order valence-electron chi connectivity index (χ0n) is 22.1. The van der Waals surface area contributed by atoms with Gasteiger partial charge in [-0.2, -0.15) is 0 Å². The van der Waals surface area contributed by atoms with Gasteiger partial charge in [0.1, 0.15) is 24.4 Å². The molecule has 4 heterocycles. The van der Waals surface area contributed by atoms with Gasteiger partial charge in [0.25, 0.3) is 0 Å². The molecule has 0 unspecified atom stereocenters. The predicted octanol–water partition coefficient (Wildman–Crippen LogP) is 2.59. The molecule has 4 aliphatic heterocycles. The molecule has 3 saturated heterocycles. The van der Waals surface area contributed by atoms with Crippen molar-refractivity contribution in [2.75, 3.05) is 13.7 Å². The molecule has 206 valence electrons. The lowest BCUT2D eigenvalue weighted by atomic mass is 9.55. The van der Waals surface area contributed by atoms with Crippen LogP contribution in [0.25, 0.3) is 0 Å². The summed E-state index contributed by atoms with van der Waals surface area (Å²) in [6.07, 6.45) is 4.30. The molecule has 0 aromatic heterocycles. The van der Waals surface area contributed by atoms with E-state index in [1.165, 1.54) is 18.3 Å². The van der Waals surface area contributed by atoms with Crippen molar-refractivity contribution in [2.45, 2.75) is 108 Å². The molecule has 0 bridgehead atoms. The van der Waals surface area contributed by atoms with Crippen LogP contribution < -0.4 is 0 Å². The fraction of sp³-hybridized carbons (Fsp3) is 0.821. The van der Waals surface area contributed by atoms with Gasteiger partial charge >= 0.3 is 5.97 Å². The number of esters is 1. The van der Waals surface area contributed by atoms with Crippen molar-refractivity contribution in [2.24, 2.45) is 23.2 Å². The fourth-order valence-electron chi connectivity index (χ4n) is 7.89. The summed E-state index contributed by atoms with van der Waals surface area (Å²) in [6, 6.07) is 0. The highest BCUT2D eigenvalue weighted by Crippen LogP contribution is 2.57. The normalized spacial score (nSPS) is 51.2. The molecule has 0 spiro atoms. The van der Waals surface area contributed by atoms with E-state index in [2.05, 4.69) is 13.0 Å². The van der Waals surface area contributed by atoms with Crippen molar-refractivity contribution in [3.63, 3.8) is 0 Å². The van der Waals surface area contributed by atoms with Crippen LogP contribution in [0.15, 0.2) is 23.5 Å². The highest BCUT2D eigenvalue weighted by atomic mass is 16.7. The summed E-state index contributed by atoms with van der Waals surface area (Å²) < 4.78 is 35.3. The van der Waals surface area contributed by atoms with Gasteiger partial charge in [0.15, 0.2) is 6.29 Å². The first kappa shape index (κ1) is 25.8. The van der Waals surface area contributed by atoms with Crippen LogP contribution in [0.3, 0.4) is 0 Å². The van der Waals surface area contributed by atoms with E-state index in [1.807, 2.05) is 13.2 Å². The number of carbonyl (C=O) groups excluding carboxylic acids is 1. The maximum absolute atomic E-state index is 13.5. The summed E-state index contributed by atoms with van der Waals surface area (Å²) in [6.45, 7) is 6.35. The molecule has 0 radical (unpaired) electrons. The van der Waals surface area contributed by atoms with E-state index in [1.54, 1.807) is 6.92 Å². The van der Waals surface area contributed by atoms with E-state index in [0.29, 0.717) is 13.0 Å². The van der Waals surface area contributed by atoms with Gasteiger partial charge in [-0.15, -0.1) is 0 Å². The van der Waals surface area contributed by atoms with E-state index in [-0.39, 0.29) is 41.3 Å². The Balaban J connectivity index is 1.19. The molecule has 0 aromatic carbocycles. The van der Waals surface area contributed by atoms with Crippen LogP contribution in [0.5, 0.6) is 0 Å². The maximum atomic E-state index is 13.5. The number of rotatable bonds is 3. The molecule has 12 atom stereocenters. The maximum Gasteiger partial charge on any atom is 0.309 e. The standard InChI is InChI=1S/C28H40O9/c1-14-22(29)24(32-4)23(30)26(35-14)36-17-9-10-27(2)16(11-17)6-7-18-19(27)8-5-15-12-33-28(3)21(15)20(13-34-28)37-25(18)31/h6,12,14,17-24,26,29-30H,5,7-11,13H2,1-4H3/t14-,17+,18-,19+,20-,21+,22-,23-,24+,26+,27+,28+/m1/s1. The number of fused-ring (bicyclic) bond motifs is 3. The zero-order chi connectivity index (χ0) is 26.1. The van der Waals surface area contributed by atoms with Gasteiger partial charge in [-0.25, -0.2) is 0 Å². The molecule has 2 aliphatic carbocycles. The Kier molecular flexibility index (Phi) is 6.49. The summed E-state index contributed by atoms with van der Waals surface area (Å²) in [5.41, 5.74) is 2.36. The Labute approximate surface area is 218 Å². The average molecular weight is 521 g/mol. The number of aliphatic hydroxyl groups excluding tert-OH is 2. The highest BCUT2D eigenvalue weighted by Gasteiger charge is 2.58. The SMILES string of the molecule is CO[C@@H]1[C@@H](O)[C@H](O[C@H]2CC[C@@]3(C)C(=CC[C@H]4C(=O)O[C@@H]5CO[C@]6(C)OC=C(CC[C@@H]43)[C@@H]56)C2)O[C@H](C)[C@H]1O. The monoisotopic (exact) mass is 520 g/mol. The third-order valence-electron chi connectivity index (χ3n) is 10.1. The van der Waals surface area contributed by atoms with Crippen molar-refractivity contribution in [3.05, 3.63) is 23.5 Å². The fourth-order valence-corrected chi connectivity index (χ4v) is 7.89. The van der Waals surface area contributed by atoms with Crippen LogP contribution in [0, 0.1) is 23.2 Å². The van der Waals surface area contributed by atoms with Crippen molar-refractivity contribution in [1.29, 1.82) is 0 Å². The van der Waals surface area contributed by atoms with Gasteiger partial charge in [0.2, 0.25) is 5.79 Å². The third-order valence-corrected chi connectivity index (χ3v) is 10.1. The molecular weight excluding hydrogens is 480 g/mol. The topological polar surface area (TPSA) is 113 Å². The Morgan fingerprint density at radius 2 is 1.97 bits per heavy atom. The second-order valence-corrected chi connectivity index (χ2v) is 12.1. The Hall–Kier alpha value is -1.49. The first-order chi connectivity index (χ1) is 17.6. The zero-order valence-corrected chi connectivity index (χ0v) is 22.1. The van der Waals surface area contributed by atoms with Gasteiger partial charge in [-0.3, -0.25) is 4.79 Å². The summed E-state index contributed by atoms with van der Waals surface area (Å²) in [4.78, 5) is 13.5. The van der Waals surface area contributed by atoms with E-state index in [9.17, 15) is 15.0 Å². The van der Waals surface area contributed by atoms with Crippen LogP contribution in [0.1, 0.15) is 59.3 Å². The van der Waals surface area contributed by atoms with E-state index < -0.39 is 36.5 Å². The molecule has 0 amide bonds. The predicted molar refractivity (Wildman–Crippen MR) is 130 cm³/mol. The van der Waals surface area contributed by atoms with Crippen molar-refractivity contribution in [3.8, 4) is 0 Å². The number of ether oxygens (including phenoxy) is 6. The van der Waals surface area contributed by atoms with Crippen molar-refractivity contribution < 1.29 is 43.4 Å². The molecule has 37 heavy (non-hydrogen) atoms. The first-order valence-corrected chi connectivity index (χ1v) is 13.7. The molecule has 6 rings (SSSR count). The lowest BCUT2D eigenvalue weighted by Gasteiger charge is -2.51. The summed E-state index contributed by atoms with van der Waals surface area (Å²) in [5, 5.41) is 21.0. The van der Waals surface area contributed by atoms with Crippen LogP contribution in [-0.2, 0) is 33.2 Å².